The minimum Gasteiger partial charge on any atom is -0.399 e. The molecule has 0 spiro atoms. The fourth-order valence-electron chi connectivity index (χ4n) is 2.01. The van der Waals surface area contributed by atoms with Crippen molar-refractivity contribution >= 4 is 23.0 Å². The number of benzene rings is 2. The van der Waals surface area contributed by atoms with E-state index in [1.807, 2.05) is 24.0 Å². The van der Waals surface area contributed by atoms with E-state index in [4.69, 9.17) is 5.73 Å². The van der Waals surface area contributed by atoms with E-state index in [-0.39, 0.29) is 18.3 Å². The molecule has 0 aliphatic heterocycles. The molecule has 0 aliphatic rings. The van der Waals surface area contributed by atoms with Crippen molar-refractivity contribution in [1.29, 1.82) is 0 Å². The summed E-state index contributed by atoms with van der Waals surface area (Å²) in [5.41, 5.74) is 7.70. The average Bonchev–Trinajstić information content (AvgIpc) is 2.46. The van der Waals surface area contributed by atoms with Crippen molar-refractivity contribution < 1.29 is 9.18 Å². The second-order valence-electron chi connectivity index (χ2n) is 4.66. The van der Waals surface area contributed by atoms with Crippen molar-refractivity contribution in [2.75, 3.05) is 29.0 Å². The Morgan fingerprint density at radius 2 is 1.95 bits per heavy atom. The topological polar surface area (TPSA) is 58.4 Å². The van der Waals surface area contributed by atoms with Crippen molar-refractivity contribution in [2.45, 2.75) is 6.92 Å². The number of nitrogens with two attached hydrogens (primary N) is 1. The van der Waals surface area contributed by atoms with Gasteiger partial charge in [0.25, 0.3) is 0 Å². The van der Waals surface area contributed by atoms with E-state index in [2.05, 4.69) is 5.32 Å². The van der Waals surface area contributed by atoms with Gasteiger partial charge in [0.2, 0.25) is 5.91 Å². The maximum Gasteiger partial charge on any atom is 0.243 e. The van der Waals surface area contributed by atoms with E-state index < -0.39 is 0 Å². The fourth-order valence-corrected chi connectivity index (χ4v) is 2.01. The van der Waals surface area contributed by atoms with Crippen molar-refractivity contribution in [3.05, 3.63) is 54.3 Å². The number of likely N-dealkylation sites (N-methyl/N-ethyl adjacent to an activating group) is 1. The van der Waals surface area contributed by atoms with E-state index in [9.17, 15) is 9.18 Å². The number of nitrogens with one attached hydrogen (secondary N) is 1. The summed E-state index contributed by atoms with van der Waals surface area (Å²) >= 11 is 0. The Balaban J connectivity index is 2.01. The zero-order valence-corrected chi connectivity index (χ0v) is 11.8. The van der Waals surface area contributed by atoms with Crippen LogP contribution >= 0.6 is 0 Å². The van der Waals surface area contributed by atoms with Crippen molar-refractivity contribution in [3.8, 4) is 0 Å². The van der Waals surface area contributed by atoms with Gasteiger partial charge < -0.3 is 16.0 Å². The van der Waals surface area contributed by atoms with Gasteiger partial charge in [-0.3, -0.25) is 4.79 Å². The van der Waals surface area contributed by atoms with E-state index >= 15 is 0 Å². The second kappa shape index (κ2) is 6.74. The Morgan fingerprint density at radius 1 is 1.24 bits per heavy atom. The molecule has 0 saturated carbocycles. The number of carbonyl (C=O) groups is 1. The first kappa shape index (κ1) is 14.8. The number of halogens is 1. The molecule has 0 aliphatic carbocycles. The summed E-state index contributed by atoms with van der Waals surface area (Å²) in [6, 6.07) is 13.2. The molecule has 1 amide bonds. The third kappa shape index (κ3) is 4.21. The first-order chi connectivity index (χ1) is 10.1. The van der Waals surface area contributed by atoms with E-state index in [1.54, 1.807) is 24.3 Å². The molecule has 0 radical (unpaired) electrons. The number of amides is 1. The summed E-state index contributed by atoms with van der Waals surface area (Å²) < 4.78 is 13.1. The molecular weight excluding hydrogens is 269 g/mol. The van der Waals surface area contributed by atoms with Gasteiger partial charge in [-0.1, -0.05) is 6.07 Å². The molecule has 2 aromatic carbocycles. The lowest BCUT2D eigenvalue weighted by atomic mass is 10.2. The van der Waals surface area contributed by atoms with Gasteiger partial charge in [0.05, 0.1) is 6.54 Å². The summed E-state index contributed by atoms with van der Waals surface area (Å²) in [5, 5.41) is 2.68. The highest BCUT2D eigenvalue weighted by Gasteiger charge is 2.10. The van der Waals surface area contributed by atoms with Gasteiger partial charge in [-0.25, -0.2) is 4.39 Å². The van der Waals surface area contributed by atoms with Crippen LogP contribution in [-0.4, -0.2) is 19.0 Å². The molecule has 3 N–H and O–H groups in total. The quantitative estimate of drug-likeness (QED) is 0.831. The predicted octanol–water partition coefficient (Wildman–Crippen LogP) is 2.87. The Bertz CT molecular complexity index is 613. The number of nitrogens with zero attached hydrogens (tertiary/aromatic N) is 1. The number of anilines is 3. The van der Waals surface area contributed by atoms with Crippen LogP contribution in [0.5, 0.6) is 0 Å². The minimum absolute atomic E-state index is 0.191. The van der Waals surface area contributed by atoms with Gasteiger partial charge in [0, 0.05) is 23.6 Å². The molecule has 0 heterocycles. The maximum absolute atomic E-state index is 13.1. The van der Waals surface area contributed by atoms with Gasteiger partial charge >= 0.3 is 0 Å². The van der Waals surface area contributed by atoms with Crippen molar-refractivity contribution in [3.63, 3.8) is 0 Å². The van der Waals surface area contributed by atoms with Gasteiger partial charge in [-0.15, -0.1) is 0 Å². The normalized spacial score (nSPS) is 10.2. The standard InChI is InChI=1S/C16H18FN3O/c1-2-20(15-8-6-13(18)7-9-15)11-16(21)19-14-5-3-4-12(17)10-14/h3-10H,2,11,18H2,1H3,(H,19,21). The number of hydrogen-bond donors (Lipinski definition) is 2. The maximum atomic E-state index is 13.1. The summed E-state index contributed by atoms with van der Waals surface area (Å²) in [4.78, 5) is 13.9. The van der Waals surface area contributed by atoms with Gasteiger partial charge in [0.15, 0.2) is 0 Å². The second-order valence-corrected chi connectivity index (χ2v) is 4.66. The van der Waals surface area contributed by atoms with Crippen LogP contribution < -0.4 is 16.0 Å². The van der Waals surface area contributed by atoms with E-state index in [0.717, 1.165) is 5.69 Å². The molecule has 0 fully saturated rings. The number of nitrogen functional groups attached to an aromatic ring is 1. The molecule has 0 unspecified atom stereocenters. The molecule has 2 rings (SSSR count). The molecule has 5 heteroatoms. The monoisotopic (exact) mass is 287 g/mol. The van der Waals surface area contributed by atoms with Crippen LogP contribution in [0.15, 0.2) is 48.5 Å². The number of carbonyl (C=O) groups excluding carboxylic acids is 1. The lowest BCUT2D eigenvalue weighted by molar-refractivity contribution is -0.115. The summed E-state index contributed by atoms with van der Waals surface area (Å²) in [7, 11) is 0. The zero-order valence-electron chi connectivity index (χ0n) is 11.8. The van der Waals surface area contributed by atoms with Crippen LogP contribution in [0.2, 0.25) is 0 Å². The van der Waals surface area contributed by atoms with Crippen molar-refractivity contribution in [2.24, 2.45) is 0 Å². The van der Waals surface area contributed by atoms with Crippen LogP contribution in [0.1, 0.15) is 6.92 Å². The smallest absolute Gasteiger partial charge is 0.243 e. The molecule has 0 bridgehead atoms. The van der Waals surface area contributed by atoms with Gasteiger partial charge in [0.1, 0.15) is 5.82 Å². The van der Waals surface area contributed by atoms with Gasteiger partial charge in [-0.05, 0) is 49.4 Å². The lowest BCUT2D eigenvalue weighted by Crippen LogP contribution is -2.33. The minimum atomic E-state index is -0.376. The first-order valence-corrected chi connectivity index (χ1v) is 6.74. The summed E-state index contributed by atoms with van der Waals surface area (Å²) in [5.74, 6) is -0.571. The van der Waals surface area contributed by atoms with Gasteiger partial charge in [-0.2, -0.15) is 0 Å². The van der Waals surface area contributed by atoms with Crippen LogP contribution in [0, 0.1) is 5.82 Å². The molecule has 0 saturated heterocycles. The Kier molecular flexibility index (Phi) is 4.77. The van der Waals surface area contributed by atoms with E-state index in [1.165, 1.54) is 12.1 Å². The van der Waals surface area contributed by atoms with Crippen LogP contribution in [0.3, 0.4) is 0 Å². The highest BCUT2D eigenvalue weighted by molar-refractivity contribution is 5.94. The molecule has 2 aromatic rings. The molecule has 0 aromatic heterocycles. The van der Waals surface area contributed by atoms with Crippen molar-refractivity contribution in [1.82, 2.24) is 0 Å². The summed E-state index contributed by atoms with van der Waals surface area (Å²) in [6.45, 7) is 2.84. The SMILES string of the molecule is CCN(CC(=O)Nc1cccc(F)c1)c1ccc(N)cc1. The highest BCUT2D eigenvalue weighted by atomic mass is 19.1. The predicted molar refractivity (Wildman–Crippen MR) is 83.8 cm³/mol. The zero-order chi connectivity index (χ0) is 15.2. The van der Waals surface area contributed by atoms with E-state index in [0.29, 0.717) is 17.9 Å². The largest absolute Gasteiger partial charge is 0.399 e. The number of rotatable bonds is 5. The molecule has 21 heavy (non-hydrogen) atoms. The third-order valence-electron chi connectivity index (χ3n) is 3.08. The molecule has 4 nitrogen and oxygen atoms in total. The molecule has 110 valence electrons. The fraction of sp³-hybridized carbons (Fsp3) is 0.188. The average molecular weight is 287 g/mol. The molecule has 0 atom stereocenters. The van der Waals surface area contributed by atoms with Crippen LogP contribution in [-0.2, 0) is 4.79 Å². The number of hydrogen-bond acceptors (Lipinski definition) is 3. The Hall–Kier alpha value is -2.56. The lowest BCUT2D eigenvalue weighted by Gasteiger charge is -2.22. The Labute approximate surface area is 123 Å². The Morgan fingerprint density at radius 3 is 2.57 bits per heavy atom. The van der Waals surface area contributed by atoms with Crippen LogP contribution in [0.4, 0.5) is 21.5 Å². The molecular formula is C16H18FN3O. The summed E-state index contributed by atoms with van der Waals surface area (Å²) in [6.07, 6.45) is 0. The highest BCUT2D eigenvalue weighted by Crippen LogP contribution is 2.16. The first-order valence-electron chi connectivity index (χ1n) is 6.74. The third-order valence-corrected chi connectivity index (χ3v) is 3.08. The van der Waals surface area contributed by atoms with Crippen LogP contribution in [0.25, 0.3) is 0 Å².